The minimum atomic E-state index is -4.94. The monoisotopic (exact) mass is 565 g/mol. The van der Waals surface area contributed by atoms with Crippen LogP contribution in [0.15, 0.2) is 65.8 Å². The number of imidazole rings is 1. The van der Waals surface area contributed by atoms with Gasteiger partial charge in [0.25, 0.3) is 0 Å². The minimum Gasteiger partial charge on any atom is -0.336 e. The van der Waals surface area contributed by atoms with Gasteiger partial charge in [-0.3, -0.25) is 9.36 Å². The molecule has 1 aromatic heterocycles. The quantitative estimate of drug-likeness (QED) is 0.471. The lowest BCUT2D eigenvalue weighted by atomic mass is 10.1. The Bertz CT molecular complexity index is 1500. The number of carbonyl (C=O) groups is 1. The second-order valence-electron chi connectivity index (χ2n) is 9.21. The van der Waals surface area contributed by atoms with E-state index in [0.717, 1.165) is 12.1 Å². The van der Waals surface area contributed by atoms with Gasteiger partial charge in [-0.05, 0) is 37.5 Å². The van der Waals surface area contributed by atoms with Crippen molar-refractivity contribution in [2.24, 2.45) is 0 Å². The smallest absolute Gasteiger partial charge is 0.336 e. The van der Waals surface area contributed by atoms with Crippen molar-refractivity contribution in [3.05, 3.63) is 66.5 Å². The summed E-state index contributed by atoms with van der Waals surface area (Å²) >= 11 is 0. The summed E-state index contributed by atoms with van der Waals surface area (Å²) in [6, 6.07) is 13.1. The number of aromatic nitrogens is 2. The standard InChI is InChI=1S/C25H22F3N5O3S.ClH/c26-25(27,28)19-12-17(33-11-10-30-22(33)16-4-2-1-3-5-16)6-7-21(19)37(35,36)18-13-20(31-14-18)23(34)32-24(15-29)8-9-24;/h1-7,10-12,18,20,31H,8-9,13-14H2,(H,32,34);1H/t18-,20+;/m1./s1. The maximum atomic E-state index is 14.1. The summed E-state index contributed by atoms with van der Waals surface area (Å²) in [5.41, 5.74) is -1.42. The van der Waals surface area contributed by atoms with Crippen LogP contribution in [-0.2, 0) is 20.8 Å². The number of hydrogen-bond donors (Lipinski definition) is 2. The van der Waals surface area contributed by atoms with E-state index in [1.165, 1.54) is 23.0 Å². The Labute approximate surface area is 223 Å². The van der Waals surface area contributed by atoms with Crippen LogP contribution in [-0.4, -0.2) is 47.3 Å². The molecule has 1 saturated carbocycles. The second-order valence-corrected chi connectivity index (χ2v) is 11.4. The predicted octanol–water partition coefficient (Wildman–Crippen LogP) is 3.66. The van der Waals surface area contributed by atoms with Crippen LogP contribution in [0.3, 0.4) is 0 Å². The van der Waals surface area contributed by atoms with E-state index >= 15 is 0 Å². The zero-order valence-corrected chi connectivity index (χ0v) is 21.4. The zero-order chi connectivity index (χ0) is 26.4. The van der Waals surface area contributed by atoms with Crippen LogP contribution in [0.2, 0.25) is 0 Å². The maximum absolute atomic E-state index is 14.1. The van der Waals surface area contributed by atoms with Gasteiger partial charge in [-0.25, -0.2) is 13.4 Å². The molecule has 1 aliphatic carbocycles. The zero-order valence-electron chi connectivity index (χ0n) is 19.8. The highest BCUT2D eigenvalue weighted by molar-refractivity contribution is 7.92. The third-order valence-corrected chi connectivity index (χ3v) is 8.90. The van der Waals surface area contributed by atoms with Crippen molar-refractivity contribution in [2.45, 2.75) is 47.2 Å². The Morgan fingerprint density at radius 3 is 2.53 bits per heavy atom. The fraction of sp³-hybridized carbons (Fsp3) is 0.320. The minimum absolute atomic E-state index is 0. The molecule has 0 bridgehead atoms. The van der Waals surface area contributed by atoms with Gasteiger partial charge in [-0.1, -0.05) is 30.3 Å². The number of nitrogens with one attached hydrogen (secondary N) is 2. The largest absolute Gasteiger partial charge is 0.417 e. The number of nitrogens with zero attached hydrogens (tertiary/aromatic N) is 3. The fourth-order valence-corrected chi connectivity index (χ4v) is 6.34. The van der Waals surface area contributed by atoms with Gasteiger partial charge >= 0.3 is 6.18 Å². The molecule has 38 heavy (non-hydrogen) atoms. The number of benzene rings is 2. The molecule has 2 aromatic carbocycles. The molecule has 200 valence electrons. The predicted molar refractivity (Wildman–Crippen MR) is 134 cm³/mol. The number of nitriles is 1. The molecule has 2 N–H and O–H groups in total. The Morgan fingerprint density at radius 2 is 1.89 bits per heavy atom. The van der Waals surface area contributed by atoms with E-state index in [1.54, 1.807) is 30.3 Å². The Kier molecular flexibility index (Phi) is 7.31. The molecule has 8 nitrogen and oxygen atoms in total. The number of rotatable bonds is 6. The highest BCUT2D eigenvalue weighted by Gasteiger charge is 2.48. The summed E-state index contributed by atoms with van der Waals surface area (Å²) in [6.07, 6.45) is -1.17. The molecule has 5 rings (SSSR count). The number of hydrogen-bond acceptors (Lipinski definition) is 6. The van der Waals surface area contributed by atoms with Gasteiger partial charge in [0.1, 0.15) is 11.4 Å². The first-order valence-electron chi connectivity index (χ1n) is 11.5. The fourth-order valence-electron chi connectivity index (χ4n) is 4.48. The first-order valence-corrected chi connectivity index (χ1v) is 13.1. The topological polar surface area (TPSA) is 117 Å². The van der Waals surface area contributed by atoms with Gasteiger partial charge in [-0.15, -0.1) is 12.4 Å². The van der Waals surface area contributed by atoms with E-state index in [1.807, 2.05) is 6.07 Å². The van der Waals surface area contributed by atoms with Crippen LogP contribution >= 0.6 is 12.4 Å². The van der Waals surface area contributed by atoms with Crippen LogP contribution in [0.1, 0.15) is 24.8 Å². The van der Waals surface area contributed by atoms with Crippen molar-refractivity contribution in [1.82, 2.24) is 20.2 Å². The number of sulfone groups is 1. The van der Waals surface area contributed by atoms with Crippen molar-refractivity contribution in [3.63, 3.8) is 0 Å². The summed E-state index contributed by atoms with van der Waals surface area (Å²) in [7, 11) is -4.45. The van der Waals surface area contributed by atoms with Crippen LogP contribution in [0.5, 0.6) is 0 Å². The molecule has 2 fully saturated rings. The average Bonchev–Trinajstić information content (AvgIpc) is 3.26. The van der Waals surface area contributed by atoms with Gasteiger partial charge in [-0.2, -0.15) is 18.4 Å². The second kappa shape index (κ2) is 10.1. The van der Waals surface area contributed by atoms with Crippen molar-refractivity contribution >= 4 is 28.2 Å². The van der Waals surface area contributed by atoms with Crippen LogP contribution in [0.25, 0.3) is 17.1 Å². The van der Waals surface area contributed by atoms with Crippen LogP contribution in [0, 0.1) is 11.3 Å². The van der Waals surface area contributed by atoms with E-state index in [4.69, 9.17) is 5.26 Å². The summed E-state index contributed by atoms with van der Waals surface area (Å²) in [6.45, 7) is -0.182. The summed E-state index contributed by atoms with van der Waals surface area (Å²) < 4.78 is 70.6. The summed E-state index contributed by atoms with van der Waals surface area (Å²) in [5.74, 6) is -0.124. The van der Waals surface area contributed by atoms with Gasteiger partial charge < -0.3 is 10.6 Å². The lowest BCUT2D eigenvalue weighted by Crippen LogP contribution is -2.45. The van der Waals surface area contributed by atoms with E-state index in [-0.39, 0.29) is 31.1 Å². The molecule has 0 radical (unpaired) electrons. The van der Waals surface area contributed by atoms with Crippen molar-refractivity contribution in [2.75, 3.05) is 6.54 Å². The highest BCUT2D eigenvalue weighted by Crippen LogP contribution is 2.39. The van der Waals surface area contributed by atoms with Gasteiger partial charge in [0.05, 0.1) is 27.8 Å². The van der Waals surface area contributed by atoms with Crippen LogP contribution < -0.4 is 10.6 Å². The molecule has 2 aliphatic rings. The molecule has 1 aliphatic heterocycles. The van der Waals surface area contributed by atoms with Gasteiger partial charge in [0.2, 0.25) is 5.91 Å². The summed E-state index contributed by atoms with van der Waals surface area (Å²) in [5, 5.41) is 13.3. The first kappa shape index (κ1) is 27.6. The lowest BCUT2D eigenvalue weighted by Gasteiger charge is -2.19. The van der Waals surface area contributed by atoms with Crippen molar-refractivity contribution < 1.29 is 26.4 Å². The Hall–Kier alpha value is -3.40. The molecule has 3 aromatic rings. The number of amides is 1. The number of carbonyl (C=O) groups excluding carboxylic acids is 1. The number of halogens is 4. The van der Waals surface area contributed by atoms with Crippen molar-refractivity contribution in [1.29, 1.82) is 5.26 Å². The molecule has 13 heteroatoms. The molecule has 0 unspecified atom stereocenters. The first-order chi connectivity index (χ1) is 17.5. The third-order valence-electron chi connectivity index (χ3n) is 6.70. The van der Waals surface area contributed by atoms with Gasteiger partial charge in [0, 0.05) is 30.2 Å². The third kappa shape index (κ3) is 5.14. The lowest BCUT2D eigenvalue weighted by molar-refractivity contribution is -0.139. The normalized spacial score (nSPS) is 20.3. The molecular formula is C25H23ClF3N5O3S. The Balaban J connectivity index is 0.00000336. The average molecular weight is 566 g/mol. The van der Waals surface area contributed by atoms with Crippen LogP contribution in [0.4, 0.5) is 13.2 Å². The molecule has 1 saturated heterocycles. The van der Waals surface area contributed by atoms with E-state index in [2.05, 4.69) is 15.6 Å². The molecule has 0 spiro atoms. The summed E-state index contributed by atoms with van der Waals surface area (Å²) in [4.78, 5) is 15.9. The SMILES string of the molecule is Cl.N#CC1(NC(=O)[C@@H]2C[C@@H](S(=O)(=O)c3ccc(-n4ccnc4-c4ccccc4)cc3C(F)(F)F)CN2)CC1. The molecular weight excluding hydrogens is 543 g/mol. The molecule has 2 atom stereocenters. The number of alkyl halides is 3. The van der Waals surface area contributed by atoms with Gasteiger partial charge in [0.15, 0.2) is 9.84 Å². The van der Waals surface area contributed by atoms with Crippen molar-refractivity contribution in [3.8, 4) is 23.1 Å². The maximum Gasteiger partial charge on any atom is 0.417 e. The Morgan fingerprint density at radius 1 is 1.18 bits per heavy atom. The van der Waals surface area contributed by atoms with E-state index in [9.17, 15) is 26.4 Å². The molecule has 1 amide bonds. The highest BCUT2D eigenvalue weighted by atomic mass is 35.5. The van der Waals surface area contributed by atoms with E-state index < -0.39 is 49.2 Å². The molecule has 2 heterocycles. The van der Waals surface area contributed by atoms with E-state index in [0.29, 0.717) is 24.2 Å².